The molecule has 8 nitrogen and oxygen atoms in total. The maximum Gasteiger partial charge on any atom is 0.280 e. The van der Waals surface area contributed by atoms with Crippen molar-refractivity contribution in [2.45, 2.75) is 24.4 Å². The van der Waals surface area contributed by atoms with Crippen LogP contribution in [0.1, 0.15) is 11.7 Å². The largest absolute Gasteiger partial charge is 0.394 e. The van der Waals surface area contributed by atoms with Crippen LogP contribution in [0.15, 0.2) is 11.0 Å². The number of ether oxygens (including phenoxy) is 1. The highest BCUT2D eigenvalue weighted by Crippen LogP contribution is 2.31. The first kappa shape index (κ1) is 13.0. The molecule has 18 heavy (non-hydrogen) atoms. The third kappa shape index (κ3) is 1.99. The summed E-state index contributed by atoms with van der Waals surface area (Å²) in [4.78, 5) is 15.3. The van der Waals surface area contributed by atoms with E-state index < -0.39 is 36.6 Å². The molecule has 2 rings (SSSR count). The van der Waals surface area contributed by atoms with Crippen molar-refractivity contribution in [3.8, 4) is 0 Å². The summed E-state index contributed by atoms with van der Waals surface area (Å²) in [6.07, 6.45) is -3.09. The average molecular weight is 257 g/mol. The van der Waals surface area contributed by atoms with Gasteiger partial charge in [0, 0.05) is 13.2 Å². The lowest BCUT2D eigenvalue weighted by Crippen LogP contribution is -2.33. The first-order valence-corrected chi connectivity index (χ1v) is 5.41. The number of aryl methyl sites for hydroxylation is 1. The van der Waals surface area contributed by atoms with Crippen LogP contribution in [0, 0.1) is 0 Å². The predicted octanol–water partition coefficient (Wildman–Crippen LogP) is -2.48. The number of anilines is 1. The third-order valence-electron chi connectivity index (χ3n) is 3.01. The van der Waals surface area contributed by atoms with Gasteiger partial charge in [0.05, 0.1) is 12.2 Å². The van der Waals surface area contributed by atoms with Crippen LogP contribution in [0.5, 0.6) is 0 Å². The van der Waals surface area contributed by atoms with Crippen LogP contribution in [0.3, 0.4) is 0 Å². The molecule has 1 aliphatic rings. The van der Waals surface area contributed by atoms with Gasteiger partial charge in [-0.3, -0.25) is 4.79 Å². The van der Waals surface area contributed by atoms with E-state index in [4.69, 9.17) is 15.6 Å². The van der Waals surface area contributed by atoms with Crippen LogP contribution < -0.4 is 11.3 Å². The van der Waals surface area contributed by atoms with Crippen molar-refractivity contribution in [1.29, 1.82) is 0 Å². The fourth-order valence-corrected chi connectivity index (χ4v) is 1.93. The molecular weight excluding hydrogens is 242 g/mol. The van der Waals surface area contributed by atoms with E-state index in [0.717, 1.165) is 0 Å². The average Bonchev–Trinajstić information content (AvgIpc) is 2.61. The second-order valence-corrected chi connectivity index (χ2v) is 4.23. The van der Waals surface area contributed by atoms with Gasteiger partial charge in [-0.15, -0.1) is 0 Å². The molecule has 0 aromatic carbocycles. The van der Waals surface area contributed by atoms with E-state index in [1.54, 1.807) is 7.05 Å². The molecule has 0 bridgehead atoms. The summed E-state index contributed by atoms with van der Waals surface area (Å²) in [5.74, 6) is 0.0375. The molecule has 1 aromatic rings. The molecule has 1 unspecified atom stereocenters. The van der Waals surface area contributed by atoms with Gasteiger partial charge in [0.2, 0.25) is 5.95 Å². The van der Waals surface area contributed by atoms with Crippen LogP contribution in [0.4, 0.5) is 5.95 Å². The van der Waals surface area contributed by atoms with E-state index in [-0.39, 0.29) is 11.5 Å². The van der Waals surface area contributed by atoms with E-state index in [1.165, 1.54) is 10.8 Å². The summed E-state index contributed by atoms with van der Waals surface area (Å²) in [6, 6.07) is 0. The predicted molar refractivity (Wildman–Crippen MR) is 60.6 cm³/mol. The van der Waals surface area contributed by atoms with Crippen molar-refractivity contribution in [2.24, 2.45) is 7.05 Å². The molecule has 1 saturated heterocycles. The summed E-state index contributed by atoms with van der Waals surface area (Å²) in [5, 5.41) is 28.4. The number of nitrogens with zero attached hydrogens (tertiary/aromatic N) is 2. The SMILES string of the molecule is Cn1cc([C@@H]2O[C@H](CO)C(O)[C@@H]2O)c(=O)nc1N. The summed E-state index contributed by atoms with van der Waals surface area (Å²) < 4.78 is 6.66. The quantitative estimate of drug-likeness (QED) is 0.461. The topological polar surface area (TPSA) is 131 Å². The molecule has 8 heteroatoms. The van der Waals surface area contributed by atoms with Gasteiger partial charge in [-0.05, 0) is 0 Å². The van der Waals surface area contributed by atoms with Gasteiger partial charge >= 0.3 is 0 Å². The Kier molecular flexibility index (Phi) is 3.35. The number of nitrogens with two attached hydrogens (primary N) is 1. The van der Waals surface area contributed by atoms with Crippen LogP contribution >= 0.6 is 0 Å². The van der Waals surface area contributed by atoms with Crippen molar-refractivity contribution in [2.75, 3.05) is 12.3 Å². The Hall–Kier alpha value is -1.48. The zero-order valence-corrected chi connectivity index (χ0v) is 9.72. The molecule has 4 atom stereocenters. The van der Waals surface area contributed by atoms with Crippen molar-refractivity contribution < 1.29 is 20.1 Å². The van der Waals surface area contributed by atoms with Crippen molar-refractivity contribution >= 4 is 5.95 Å². The molecule has 2 heterocycles. The molecule has 0 spiro atoms. The lowest BCUT2D eigenvalue weighted by Gasteiger charge is -2.15. The molecule has 0 aliphatic carbocycles. The Labute approximate surface area is 102 Å². The Morgan fingerprint density at radius 1 is 1.50 bits per heavy atom. The number of aliphatic hydroxyl groups is 3. The zero-order chi connectivity index (χ0) is 13.4. The van der Waals surface area contributed by atoms with Gasteiger partial charge < -0.3 is 30.4 Å². The number of hydrogen-bond donors (Lipinski definition) is 4. The molecular formula is C10H15N3O5. The second kappa shape index (κ2) is 4.65. The standard InChI is InChI=1S/C10H15N3O5/c1-13-2-4(9(17)12-10(13)11)8-7(16)6(15)5(3-14)18-8/h2,5-8,14-16H,3H2,1H3,(H2,11,12,17)/t5-,6?,7+,8+/m1/s1. The maximum atomic E-state index is 11.7. The Bertz CT molecular complexity index is 503. The first-order valence-electron chi connectivity index (χ1n) is 5.41. The normalized spacial score (nSPS) is 31.8. The van der Waals surface area contributed by atoms with E-state index >= 15 is 0 Å². The Morgan fingerprint density at radius 3 is 2.72 bits per heavy atom. The smallest absolute Gasteiger partial charge is 0.280 e. The number of aliphatic hydroxyl groups excluding tert-OH is 3. The minimum absolute atomic E-state index is 0.0375. The van der Waals surface area contributed by atoms with E-state index in [9.17, 15) is 15.0 Å². The highest BCUT2D eigenvalue weighted by molar-refractivity contribution is 5.23. The lowest BCUT2D eigenvalue weighted by molar-refractivity contribution is -0.0233. The van der Waals surface area contributed by atoms with E-state index in [1.807, 2.05) is 0 Å². The number of aromatic nitrogens is 2. The van der Waals surface area contributed by atoms with Crippen molar-refractivity contribution in [1.82, 2.24) is 9.55 Å². The van der Waals surface area contributed by atoms with Crippen LogP contribution in [0.25, 0.3) is 0 Å². The van der Waals surface area contributed by atoms with Gasteiger partial charge in [-0.1, -0.05) is 0 Å². The summed E-state index contributed by atoms with van der Waals surface area (Å²) in [6.45, 7) is -0.447. The third-order valence-corrected chi connectivity index (χ3v) is 3.01. The first-order chi connectivity index (χ1) is 8.45. The Morgan fingerprint density at radius 2 is 2.17 bits per heavy atom. The van der Waals surface area contributed by atoms with E-state index in [2.05, 4.69) is 4.98 Å². The summed E-state index contributed by atoms with van der Waals surface area (Å²) in [7, 11) is 1.59. The summed E-state index contributed by atoms with van der Waals surface area (Å²) in [5.41, 5.74) is 4.93. The van der Waals surface area contributed by atoms with Crippen molar-refractivity contribution in [3.63, 3.8) is 0 Å². The van der Waals surface area contributed by atoms with Crippen molar-refractivity contribution in [3.05, 3.63) is 22.1 Å². The molecule has 0 amide bonds. The zero-order valence-electron chi connectivity index (χ0n) is 9.72. The molecule has 5 N–H and O–H groups in total. The number of rotatable bonds is 2. The van der Waals surface area contributed by atoms with Gasteiger partial charge in [0.25, 0.3) is 5.56 Å². The number of nitrogen functional groups attached to an aromatic ring is 1. The minimum atomic E-state index is -1.29. The molecule has 1 aliphatic heterocycles. The minimum Gasteiger partial charge on any atom is -0.394 e. The highest BCUT2D eigenvalue weighted by Gasteiger charge is 2.44. The Balaban J connectivity index is 2.39. The molecule has 0 saturated carbocycles. The molecule has 0 radical (unpaired) electrons. The monoisotopic (exact) mass is 257 g/mol. The molecule has 100 valence electrons. The number of hydrogen-bond acceptors (Lipinski definition) is 7. The fourth-order valence-electron chi connectivity index (χ4n) is 1.93. The maximum absolute atomic E-state index is 11.7. The van der Waals surface area contributed by atoms with E-state index in [0.29, 0.717) is 0 Å². The van der Waals surface area contributed by atoms with Gasteiger partial charge in [0.15, 0.2) is 0 Å². The van der Waals surface area contributed by atoms with Gasteiger partial charge in [-0.25, -0.2) is 0 Å². The van der Waals surface area contributed by atoms with Gasteiger partial charge in [0.1, 0.15) is 24.4 Å². The van der Waals surface area contributed by atoms with Crippen LogP contribution in [-0.2, 0) is 11.8 Å². The van der Waals surface area contributed by atoms with Crippen LogP contribution in [0.2, 0.25) is 0 Å². The lowest BCUT2D eigenvalue weighted by atomic mass is 10.0. The molecule has 1 fully saturated rings. The molecule has 1 aromatic heterocycles. The van der Waals surface area contributed by atoms with Crippen LogP contribution in [-0.4, -0.2) is 49.8 Å². The fraction of sp³-hybridized carbons (Fsp3) is 0.600. The summed E-state index contributed by atoms with van der Waals surface area (Å²) >= 11 is 0. The highest BCUT2D eigenvalue weighted by atomic mass is 16.6. The van der Waals surface area contributed by atoms with Gasteiger partial charge in [-0.2, -0.15) is 4.98 Å². The second-order valence-electron chi connectivity index (χ2n) is 4.23.